The Morgan fingerprint density at radius 2 is 2.50 bits per heavy atom. The molecule has 1 rings (SSSR count). The summed E-state index contributed by atoms with van der Waals surface area (Å²) in [5.41, 5.74) is 6.44. The van der Waals surface area contributed by atoms with Gasteiger partial charge in [-0.1, -0.05) is 0 Å². The molecule has 0 fully saturated rings. The molecule has 0 aromatic carbocycles. The first-order chi connectivity index (χ1) is 7.26. The van der Waals surface area contributed by atoms with Crippen LogP contribution in [-0.4, -0.2) is 31.2 Å². The Hall–Kier alpha value is -0.560. The zero-order valence-electron chi connectivity index (χ0n) is 8.77. The van der Waals surface area contributed by atoms with Crippen LogP contribution in [0.5, 0.6) is 0 Å². The molecule has 8 heteroatoms. The summed E-state index contributed by atoms with van der Waals surface area (Å²) >= 11 is 7.06. The molecule has 0 saturated carbocycles. The van der Waals surface area contributed by atoms with Crippen molar-refractivity contribution in [3.05, 3.63) is 11.1 Å². The highest BCUT2D eigenvalue weighted by atomic mass is 35.5. The molecule has 0 aliphatic heterocycles. The Morgan fingerprint density at radius 1 is 1.75 bits per heavy atom. The van der Waals surface area contributed by atoms with Crippen molar-refractivity contribution in [1.82, 2.24) is 4.98 Å². The molecule has 0 bridgehead atoms. The topological polar surface area (TPSA) is 72.5 Å². The molecule has 0 spiro atoms. The van der Waals surface area contributed by atoms with Gasteiger partial charge in [-0.15, -0.1) is 35.3 Å². The average Bonchev–Trinajstić information content (AvgIpc) is 2.66. The van der Waals surface area contributed by atoms with Gasteiger partial charge in [-0.2, -0.15) is 0 Å². The lowest BCUT2D eigenvalue weighted by molar-refractivity contribution is 0.208. The Kier molecular flexibility index (Phi) is 8.28. The molecule has 0 unspecified atom stereocenters. The van der Waals surface area contributed by atoms with Gasteiger partial charge in [0.1, 0.15) is 0 Å². The third-order valence-electron chi connectivity index (χ3n) is 1.50. The van der Waals surface area contributed by atoms with Crippen LogP contribution < -0.4 is 11.1 Å². The number of aliphatic imine (C=N–C) groups is 1. The van der Waals surface area contributed by atoms with Crippen molar-refractivity contribution in [2.45, 2.75) is 5.88 Å². The lowest BCUT2D eigenvalue weighted by Gasteiger charge is -2.00. The van der Waals surface area contributed by atoms with E-state index in [1.165, 1.54) is 11.3 Å². The van der Waals surface area contributed by atoms with Gasteiger partial charge in [-0.05, 0) is 0 Å². The van der Waals surface area contributed by atoms with E-state index in [-0.39, 0.29) is 12.4 Å². The SMILES string of the molecule is COCCN=C(N)Nc1nc(CCl)cs1.Cl. The summed E-state index contributed by atoms with van der Waals surface area (Å²) in [5, 5.41) is 5.45. The summed E-state index contributed by atoms with van der Waals surface area (Å²) in [4.78, 5) is 8.22. The minimum atomic E-state index is 0. The zero-order valence-corrected chi connectivity index (χ0v) is 11.2. The van der Waals surface area contributed by atoms with Crippen molar-refractivity contribution < 1.29 is 4.74 Å². The van der Waals surface area contributed by atoms with Gasteiger partial charge in [0.2, 0.25) is 0 Å². The first-order valence-corrected chi connectivity index (χ1v) is 5.74. The number of ether oxygens (including phenoxy) is 1. The average molecular weight is 285 g/mol. The number of nitrogens with one attached hydrogen (secondary N) is 1. The molecule has 1 heterocycles. The normalized spacial score (nSPS) is 11.0. The largest absolute Gasteiger partial charge is 0.383 e. The number of hydrogen-bond acceptors (Lipinski definition) is 4. The molecule has 92 valence electrons. The smallest absolute Gasteiger partial charge is 0.195 e. The molecule has 0 saturated heterocycles. The van der Waals surface area contributed by atoms with E-state index in [1.807, 2.05) is 5.38 Å². The number of nitrogens with two attached hydrogens (primary N) is 1. The number of alkyl halides is 1. The van der Waals surface area contributed by atoms with Gasteiger partial charge >= 0.3 is 0 Å². The molecule has 5 nitrogen and oxygen atoms in total. The Morgan fingerprint density at radius 3 is 3.06 bits per heavy atom. The van der Waals surface area contributed by atoms with Crippen molar-refractivity contribution in [3.63, 3.8) is 0 Å². The highest BCUT2D eigenvalue weighted by molar-refractivity contribution is 7.13. The predicted molar refractivity (Wildman–Crippen MR) is 70.9 cm³/mol. The molecule has 0 atom stereocenters. The summed E-state index contributed by atoms with van der Waals surface area (Å²) in [7, 11) is 1.62. The molecular formula is C8H14Cl2N4OS. The Bertz CT molecular complexity index is 332. The van der Waals surface area contributed by atoms with Gasteiger partial charge in [-0.25, -0.2) is 4.98 Å². The van der Waals surface area contributed by atoms with E-state index >= 15 is 0 Å². The van der Waals surface area contributed by atoms with Crippen LogP contribution in [0.3, 0.4) is 0 Å². The number of thiazole rings is 1. The molecule has 3 N–H and O–H groups in total. The first-order valence-electron chi connectivity index (χ1n) is 4.32. The molecule has 0 aliphatic rings. The fourth-order valence-electron chi connectivity index (χ4n) is 0.832. The van der Waals surface area contributed by atoms with Gasteiger partial charge in [0, 0.05) is 12.5 Å². The fourth-order valence-corrected chi connectivity index (χ4v) is 1.78. The van der Waals surface area contributed by atoms with E-state index in [0.29, 0.717) is 30.1 Å². The van der Waals surface area contributed by atoms with Gasteiger partial charge in [-0.3, -0.25) is 4.99 Å². The van der Waals surface area contributed by atoms with Gasteiger partial charge in [0.05, 0.1) is 24.7 Å². The number of aromatic nitrogens is 1. The summed E-state index contributed by atoms with van der Waals surface area (Å²) in [6.07, 6.45) is 0. The van der Waals surface area contributed by atoms with E-state index < -0.39 is 0 Å². The minimum absolute atomic E-state index is 0. The molecule has 0 amide bonds. The van der Waals surface area contributed by atoms with Gasteiger partial charge in [0.25, 0.3) is 0 Å². The highest BCUT2D eigenvalue weighted by Crippen LogP contribution is 2.15. The number of rotatable bonds is 5. The van der Waals surface area contributed by atoms with Crippen LogP contribution in [0.2, 0.25) is 0 Å². The van der Waals surface area contributed by atoms with Gasteiger partial charge in [0.15, 0.2) is 11.1 Å². The van der Waals surface area contributed by atoms with Crippen LogP contribution in [0.25, 0.3) is 0 Å². The van der Waals surface area contributed by atoms with E-state index in [0.717, 1.165) is 5.69 Å². The van der Waals surface area contributed by atoms with Crippen LogP contribution in [0.15, 0.2) is 10.4 Å². The fraction of sp³-hybridized carbons (Fsp3) is 0.500. The second kappa shape index (κ2) is 8.58. The third kappa shape index (κ3) is 5.50. The maximum Gasteiger partial charge on any atom is 0.195 e. The quantitative estimate of drug-likeness (QED) is 0.373. The zero-order chi connectivity index (χ0) is 11.1. The Labute approximate surface area is 109 Å². The lowest BCUT2D eigenvalue weighted by atomic mass is 10.6. The van der Waals surface area contributed by atoms with Crippen LogP contribution >= 0.6 is 35.3 Å². The second-order valence-electron chi connectivity index (χ2n) is 2.66. The van der Waals surface area contributed by atoms with E-state index in [4.69, 9.17) is 22.1 Å². The van der Waals surface area contributed by atoms with Crippen molar-refractivity contribution in [3.8, 4) is 0 Å². The van der Waals surface area contributed by atoms with Crippen LogP contribution in [0, 0.1) is 0 Å². The maximum absolute atomic E-state index is 5.62. The van der Waals surface area contributed by atoms with E-state index in [9.17, 15) is 0 Å². The predicted octanol–water partition coefficient (Wildman–Crippen LogP) is 1.68. The van der Waals surface area contributed by atoms with Crippen LogP contribution in [0.1, 0.15) is 5.69 Å². The standard InChI is InChI=1S/C8H13ClN4OS.ClH/c1-14-3-2-11-7(10)13-8-12-6(4-9)5-15-8;/h5H,2-4H2,1H3,(H3,10,11,12,13);1H. The maximum atomic E-state index is 5.62. The third-order valence-corrected chi connectivity index (χ3v) is 2.58. The van der Waals surface area contributed by atoms with Crippen molar-refractivity contribution in [1.29, 1.82) is 0 Å². The number of methoxy groups -OCH3 is 1. The summed E-state index contributed by atoms with van der Waals surface area (Å²) in [6, 6.07) is 0. The van der Waals surface area contributed by atoms with Crippen LogP contribution in [-0.2, 0) is 10.6 Å². The molecule has 1 aromatic heterocycles. The number of halogens is 2. The summed E-state index contributed by atoms with van der Waals surface area (Å²) in [5.74, 6) is 0.737. The molecule has 16 heavy (non-hydrogen) atoms. The van der Waals surface area contributed by atoms with Crippen molar-refractivity contribution in [2.24, 2.45) is 10.7 Å². The van der Waals surface area contributed by atoms with Gasteiger partial charge < -0.3 is 15.8 Å². The first kappa shape index (κ1) is 15.4. The molecule has 1 aromatic rings. The van der Waals surface area contributed by atoms with E-state index in [1.54, 1.807) is 7.11 Å². The van der Waals surface area contributed by atoms with E-state index in [2.05, 4.69) is 15.3 Å². The number of hydrogen-bond donors (Lipinski definition) is 2. The monoisotopic (exact) mass is 284 g/mol. The van der Waals surface area contributed by atoms with Crippen molar-refractivity contribution >= 4 is 46.4 Å². The number of nitrogens with zero attached hydrogens (tertiary/aromatic N) is 2. The molecule has 0 aliphatic carbocycles. The molecule has 0 radical (unpaired) electrons. The Balaban J connectivity index is 0.00000225. The number of anilines is 1. The minimum Gasteiger partial charge on any atom is -0.383 e. The second-order valence-corrected chi connectivity index (χ2v) is 3.79. The summed E-state index contributed by atoms with van der Waals surface area (Å²) in [6.45, 7) is 1.08. The van der Waals surface area contributed by atoms with Crippen molar-refractivity contribution in [2.75, 3.05) is 25.6 Å². The summed E-state index contributed by atoms with van der Waals surface area (Å²) < 4.78 is 4.84. The highest BCUT2D eigenvalue weighted by Gasteiger charge is 2.01. The van der Waals surface area contributed by atoms with Crippen LogP contribution in [0.4, 0.5) is 5.13 Å². The lowest BCUT2D eigenvalue weighted by Crippen LogP contribution is -2.23. The molecular weight excluding hydrogens is 271 g/mol. The number of guanidine groups is 1.